The van der Waals surface area contributed by atoms with Gasteiger partial charge in [-0.15, -0.1) is 0 Å². The monoisotopic (exact) mass is 196 g/mol. The van der Waals surface area contributed by atoms with Crippen LogP contribution >= 0.6 is 0 Å². The van der Waals surface area contributed by atoms with Crippen LogP contribution < -0.4 is 4.74 Å². The van der Waals surface area contributed by atoms with E-state index in [-0.39, 0.29) is 5.75 Å². The number of aliphatic carboxylic acids is 1. The highest BCUT2D eigenvalue weighted by atomic mass is 19.1. The minimum atomic E-state index is -1.31. The van der Waals surface area contributed by atoms with Crippen LogP contribution in [-0.4, -0.2) is 11.1 Å². The van der Waals surface area contributed by atoms with Gasteiger partial charge in [-0.2, -0.15) is 0 Å². The SMILES string of the molecule is C=C(Oc1cc(C)ccc1F)C(=O)O. The molecule has 0 spiro atoms. The molecule has 74 valence electrons. The number of halogens is 1. The first kappa shape index (κ1) is 10.2. The summed E-state index contributed by atoms with van der Waals surface area (Å²) in [6.45, 7) is 4.88. The minimum absolute atomic E-state index is 0.127. The molecule has 0 saturated carbocycles. The van der Waals surface area contributed by atoms with E-state index in [0.29, 0.717) is 0 Å². The van der Waals surface area contributed by atoms with Crippen LogP contribution in [0.5, 0.6) is 5.75 Å². The summed E-state index contributed by atoms with van der Waals surface area (Å²) in [7, 11) is 0. The third-order valence-electron chi connectivity index (χ3n) is 1.56. The fourth-order valence-corrected chi connectivity index (χ4v) is 0.865. The Morgan fingerprint density at radius 3 is 2.79 bits per heavy atom. The van der Waals surface area contributed by atoms with Gasteiger partial charge in [0.25, 0.3) is 0 Å². The molecular weight excluding hydrogens is 187 g/mol. The van der Waals surface area contributed by atoms with Crippen LogP contribution in [0.2, 0.25) is 0 Å². The van der Waals surface area contributed by atoms with Crippen LogP contribution in [0.1, 0.15) is 5.56 Å². The predicted octanol–water partition coefficient (Wildman–Crippen LogP) is 2.11. The predicted molar refractivity (Wildman–Crippen MR) is 48.5 cm³/mol. The largest absolute Gasteiger partial charge is 0.475 e. The molecule has 1 aromatic rings. The Morgan fingerprint density at radius 2 is 2.21 bits per heavy atom. The van der Waals surface area contributed by atoms with Crippen molar-refractivity contribution in [2.75, 3.05) is 0 Å². The van der Waals surface area contributed by atoms with Crippen molar-refractivity contribution in [1.29, 1.82) is 0 Å². The number of rotatable bonds is 3. The highest BCUT2D eigenvalue weighted by Crippen LogP contribution is 2.20. The van der Waals surface area contributed by atoms with Gasteiger partial charge in [0.1, 0.15) is 0 Å². The average molecular weight is 196 g/mol. The number of carboxylic acids is 1. The third kappa shape index (κ3) is 2.32. The van der Waals surface area contributed by atoms with Gasteiger partial charge in [0, 0.05) is 0 Å². The van der Waals surface area contributed by atoms with E-state index >= 15 is 0 Å². The van der Waals surface area contributed by atoms with E-state index in [9.17, 15) is 9.18 Å². The van der Waals surface area contributed by atoms with E-state index in [1.54, 1.807) is 13.0 Å². The number of carboxylic acid groups (broad SMARTS) is 1. The Morgan fingerprint density at radius 1 is 1.57 bits per heavy atom. The average Bonchev–Trinajstić information content (AvgIpc) is 2.11. The summed E-state index contributed by atoms with van der Waals surface area (Å²) in [5, 5.41) is 8.46. The maximum Gasteiger partial charge on any atom is 0.371 e. The highest BCUT2D eigenvalue weighted by molar-refractivity contribution is 5.84. The molecule has 4 heteroatoms. The second kappa shape index (κ2) is 3.91. The van der Waals surface area contributed by atoms with Gasteiger partial charge in [-0.1, -0.05) is 6.07 Å². The van der Waals surface area contributed by atoms with Crippen molar-refractivity contribution in [3.63, 3.8) is 0 Å². The van der Waals surface area contributed by atoms with Crippen LogP contribution in [-0.2, 0) is 4.79 Å². The van der Waals surface area contributed by atoms with Gasteiger partial charge in [-0.05, 0) is 31.2 Å². The molecule has 0 amide bonds. The van der Waals surface area contributed by atoms with Crippen LogP contribution in [0.3, 0.4) is 0 Å². The molecule has 1 rings (SSSR count). The van der Waals surface area contributed by atoms with Gasteiger partial charge in [0.2, 0.25) is 5.76 Å². The fourth-order valence-electron chi connectivity index (χ4n) is 0.865. The smallest absolute Gasteiger partial charge is 0.371 e. The number of ether oxygens (including phenoxy) is 1. The van der Waals surface area contributed by atoms with Crippen LogP contribution in [0, 0.1) is 12.7 Å². The molecule has 0 aliphatic rings. The lowest BCUT2D eigenvalue weighted by atomic mass is 10.2. The van der Waals surface area contributed by atoms with Crippen molar-refractivity contribution in [2.24, 2.45) is 0 Å². The first-order valence-corrected chi connectivity index (χ1v) is 3.87. The van der Waals surface area contributed by atoms with Crippen LogP contribution in [0.25, 0.3) is 0 Å². The number of benzene rings is 1. The summed E-state index contributed by atoms with van der Waals surface area (Å²) in [6, 6.07) is 4.18. The molecule has 0 aromatic heterocycles. The van der Waals surface area contributed by atoms with Crippen molar-refractivity contribution in [2.45, 2.75) is 6.92 Å². The summed E-state index contributed by atoms with van der Waals surface area (Å²) >= 11 is 0. The van der Waals surface area contributed by atoms with E-state index in [1.165, 1.54) is 12.1 Å². The molecule has 0 aliphatic heterocycles. The number of hydrogen-bond donors (Lipinski definition) is 1. The molecule has 14 heavy (non-hydrogen) atoms. The molecule has 0 atom stereocenters. The Balaban J connectivity index is 2.91. The zero-order valence-corrected chi connectivity index (χ0v) is 7.58. The number of aryl methyl sites for hydroxylation is 1. The molecule has 3 nitrogen and oxygen atoms in total. The maximum atomic E-state index is 13.0. The lowest BCUT2D eigenvalue weighted by Gasteiger charge is -2.06. The molecule has 1 aromatic carbocycles. The Bertz CT molecular complexity index is 385. The highest BCUT2D eigenvalue weighted by Gasteiger charge is 2.10. The molecular formula is C10H9FO3. The molecule has 1 N–H and O–H groups in total. The second-order valence-corrected chi connectivity index (χ2v) is 2.76. The molecule has 0 fully saturated rings. The number of carbonyl (C=O) groups is 1. The molecule has 0 aliphatic carbocycles. The topological polar surface area (TPSA) is 46.5 Å². The lowest BCUT2D eigenvalue weighted by Crippen LogP contribution is -2.06. The summed E-state index contributed by atoms with van der Waals surface area (Å²) in [6.07, 6.45) is 0. The Labute approximate surface area is 80.4 Å². The van der Waals surface area contributed by atoms with Crippen LogP contribution in [0.15, 0.2) is 30.5 Å². The van der Waals surface area contributed by atoms with Gasteiger partial charge in [0.15, 0.2) is 11.6 Å². The molecule has 0 heterocycles. The van der Waals surface area contributed by atoms with E-state index in [0.717, 1.165) is 5.56 Å². The quantitative estimate of drug-likeness (QED) is 0.594. The minimum Gasteiger partial charge on any atom is -0.475 e. The molecule has 0 unspecified atom stereocenters. The van der Waals surface area contributed by atoms with E-state index in [1.807, 2.05) is 0 Å². The summed E-state index contributed by atoms with van der Waals surface area (Å²) in [4.78, 5) is 10.4. The lowest BCUT2D eigenvalue weighted by molar-refractivity contribution is -0.135. The van der Waals surface area contributed by atoms with E-state index < -0.39 is 17.5 Å². The fraction of sp³-hybridized carbons (Fsp3) is 0.100. The molecule has 0 saturated heterocycles. The normalized spacial score (nSPS) is 9.57. The Kier molecular flexibility index (Phi) is 2.86. The van der Waals surface area contributed by atoms with Crippen LogP contribution in [0.4, 0.5) is 4.39 Å². The number of hydrogen-bond acceptors (Lipinski definition) is 2. The van der Waals surface area contributed by atoms with E-state index in [4.69, 9.17) is 9.84 Å². The standard InChI is InChI=1S/C10H9FO3/c1-6-3-4-8(11)9(5-6)14-7(2)10(12)13/h3-5H,2H2,1H3,(H,12,13). The van der Waals surface area contributed by atoms with Crippen molar-refractivity contribution in [3.05, 3.63) is 41.9 Å². The zero-order valence-electron chi connectivity index (χ0n) is 7.58. The molecule has 0 bridgehead atoms. The van der Waals surface area contributed by atoms with Crippen molar-refractivity contribution in [1.82, 2.24) is 0 Å². The maximum absolute atomic E-state index is 13.0. The Hall–Kier alpha value is -1.84. The third-order valence-corrected chi connectivity index (χ3v) is 1.56. The summed E-state index contributed by atoms with van der Waals surface area (Å²) in [5.74, 6) is -2.56. The van der Waals surface area contributed by atoms with E-state index in [2.05, 4.69) is 6.58 Å². The van der Waals surface area contributed by atoms with Crippen molar-refractivity contribution >= 4 is 5.97 Å². The summed E-state index contributed by atoms with van der Waals surface area (Å²) in [5.41, 5.74) is 0.777. The second-order valence-electron chi connectivity index (χ2n) is 2.76. The summed E-state index contributed by atoms with van der Waals surface area (Å²) < 4.78 is 17.8. The van der Waals surface area contributed by atoms with Gasteiger partial charge in [-0.25, -0.2) is 9.18 Å². The first-order valence-electron chi connectivity index (χ1n) is 3.87. The van der Waals surface area contributed by atoms with Gasteiger partial charge in [0.05, 0.1) is 0 Å². The van der Waals surface area contributed by atoms with Gasteiger partial charge < -0.3 is 9.84 Å². The molecule has 0 radical (unpaired) electrons. The first-order chi connectivity index (χ1) is 6.50. The van der Waals surface area contributed by atoms with Gasteiger partial charge in [-0.3, -0.25) is 0 Å². The van der Waals surface area contributed by atoms with Gasteiger partial charge >= 0.3 is 5.97 Å². The van der Waals surface area contributed by atoms with Crippen molar-refractivity contribution < 1.29 is 19.0 Å². The zero-order chi connectivity index (χ0) is 10.7. The van der Waals surface area contributed by atoms with Crippen molar-refractivity contribution in [3.8, 4) is 5.75 Å².